The monoisotopic (exact) mass is 397 g/mol. The summed E-state index contributed by atoms with van der Waals surface area (Å²) in [4.78, 5) is 17.6. The fraction of sp³-hybridized carbons (Fsp3) is 0.263. The lowest BCUT2D eigenvalue weighted by Gasteiger charge is -2.07. The molecule has 0 spiro atoms. The van der Waals surface area contributed by atoms with Gasteiger partial charge >= 0.3 is 0 Å². The van der Waals surface area contributed by atoms with Crippen molar-refractivity contribution in [3.8, 4) is 0 Å². The number of aryl methyl sites for hydroxylation is 1. The fourth-order valence-corrected chi connectivity index (χ4v) is 4.77. The molecule has 4 rings (SSSR count). The average Bonchev–Trinajstić information content (AvgIpc) is 3.24. The Balaban J connectivity index is 1.54. The van der Waals surface area contributed by atoms with E-state index in [0.29, 0.717) is 5.75 Å². The minimum Gasteiger partial charge on any atom is -0.306 e. The minimum atomic E-state index is -0.0314. The highest BCUT2D eigenvalue weighted by Gasteiger charge is 2.13. The summed E-state index contributed by atoms with van der Waals surface area (Å²) in [6.07, 6.45) is 0.752. The molecule has 0 N–H and O–H groups in total. The molecule has 0 saturated carbocycles. The highest BCUT2D eigenvalue weighted by Crippen LogP contribution is 2.22. The maximum absolute atomic E-state index is 12.3. The van der Waals surface area contributed by atoms with Crippen molar-refractivity contribution < 1.29 is 0 Å². The maximum atomic E-state index is 12.3. The lowest BCUT2D eigenvalue weighted by atomic mass is 10.1. The van der Waals surface area contributed by atoms with Crippen molar-refractivity contribution in [1.82, 2.24) is 24.1 Å². The molecule has 0 aliphatic carbocycles. The van der Waals surface area contributed by atoms with Gasteiger partial charge in [-0.3, -0.25) is 9.20 Å². The first-order chi connectivity index (χ1) is 13.2. The van der Waals surface area contributed by atoms with Crippen LogP contribution in [-0.2, 0) is 18.7 Å². The Morgan fingerprint density at radius 1 is 1.19 bits per heavy atom. The molecule has 6 nitrogen and oxygen atoms in total. The van der Waals surface area contributed by atoms with Crippen molar-refractivity contribution in [2.75, 3.05) is 0 Å². The van der Waals surface area contributed by atoms with Crippen LogP contribution < -0.4 is 5.56 Å². The zero-order chi connectivity index (χ0) is 18.8. The van der Waals surface area contributed by atoms with E-state index >= 15 is 0 Å². The van der Waals surface area contributed by atoms with Crippen LogP contribution in [0.5, 0.6) is 0 Å². The van der Waals surface area contributed by atoms with Gasteiger partial charge in [-0.25, -0.2) is 4.98 Å². The van der Waals surface area contributed by atoms with Gasteiger partial charge in [0, 0.05) is 35.9 Å². The number of hydrogen-bond donors (Lipinski definition) is 0. The molecule has 0 atom stereocenters. The van der Waals surface area contributed by atoms with Crippen LogP contribution in [-0.4, -0.2) is 24.1 Å². The van der Waals surface area contributed by atoms with Gasteiger partial charge in [-0.15, -0.1) is 21.5 Å². The second kappa shape index (κ2) is 7.66. The summed E-state index contributed by atoms with van der Waals surface area (Å²) in [5.41, 5.74) is 2.87. The van der Waals surface area contributed by atoms with Crippen molar-refractivity contribution >= 4 is 28.1 Å². The summed E-state index contributed by atoms with van der Waals surface area (Å²) >= 11 is 3.05. The molecule has 1 aromatic carbocycles. The molecule has 0 fully saturated rings. The molecule has 0 bridgehead atoms. The third kappa shape index (κ3) is 3.68. The van der Waals surface area contributed by atoms with E-state index in [4.69, 9.17) is 0 Å². The zero-order valence-electron chi connectivity index (χ0n) is 15.1. The number of rotatable bonds is 6. The van der Waals surface area contributed by atoms with Crippen LogP contribution >= 0.6 is 23.1 Å². The fourth-order valence-electron chi connectivity index (χ4n) is 2.97. The topological polar surface area (TPSA) is 65.1 Å². The molecule has 0 unspecified atom stereocenters. The van der Waals surface area contributed by atoms with Gasteiger partial charge in [-0.2, -0.15) is 0 Å². The van der Waals surface area contributed by atoms with Gasteiger partial charge in [0.05, 0.1) is 5.69 Å². The molecule has 0 aliphatic rings. The van der Waals surface area contributed by atoms with Gasteiger partial charge < -0.3 is 4.57 Å². The first-order valence-corrected chi connectivity index (χ1v) is 10.6. The lowest BCUT2D eigenvalue weighted by molar-refractivity contribution is 0.651. The predicted octanol–water partition coefficient (Wildman–Crippen LogP) is 3.56. The third-order valence-corrected chi connectivity index (χ3v) is 6.24. The van der Waals surface area contributed by atoms with E-state index in [1.54, 1.807) is 22.2 Å². The van der Waals surface area contributed by atoms with Gasteiger partial charge in [0.2, 0.25) is 0 Å². The molecule has 138 valence electrons. The summed E-state index contributed by atoms with van der Waals surface area (Å²) < 4.78 is 3.77. The number of nitrogens with zero attached hydrogens (tertiary/aromatic N) is 5. The number of hydrogen-bond acceptors (Lipinski definition) is 6. The van der Waals surface area contributed by atoms with E-state index in [1.165, 1.54) is 16.9 Å². The van der Waals surface area contributed by atoms with Crippen LogP contribution in [0, 0.1) is 6.92 Å². The van der Waals surface area contributed by atoms with Gasteiger partial charge in [-0.1, -0.05) is 42.1 Å². The van der Waals surface area contributed by atoms with Crippen molar-refractivity contribution in [1.29, 1.82) is 0 Å². The SMILES string of the molecule is CCn1c(Cc2ccccc2)nnc1SCc1cc(=O)n2c(C)csc2n1. The highest BCUT2D eigenvalue weighted by atomic mass is 32.2. The average molecular weight is 398 g/mol. The van der Waals surface area contributed by atoms with E-state index in [-0.39, 0.29) is 5.56 Å². The molecule has 0 amide bonds. The van der Waals surface area contributed by atoms with Gasteiger partial charge in [0.15, 0.2) is 10.1 Å². The maximum Gasteiger partial charge on any atom is 0.258 e. The van der Waals surface area contributed by atoms with Crippen LogP contribution in [0.4, 0.5) is 0 Å². The summed E-state index contributed by atoms with van der Waals surface area (Å²) in [5, 5.41) is 11.5. The Morgan fingerprint density at radius 2 is 2.00 bits per heavy atom. The molecule has 27 heavy (non-hydrogen) atoms. The minimum absolute atomic E-state index is 0.0314. The first kappa shape index (κ1) is 17.9. The van der Waals surface area contributed by atoms with Crippen LogP contribution in [0.2, 0.25) is 0 Å². The van der Waals surface area contributed by atoms with E-state index in [0.717, 1.165) is 40.3 Å². The van der Waals surface area contributed by atoms with Crippen molar-refractivity contribution in [2.24, 2.45) is 0 Å². The normalized spacial score (nSPS) is 11.3. The quantitative estimate of drug-likeness (QED) is 0.466. The Labute approximate surface area is 164 Å². The molecule has 4 aromatic rings. The standard InChI is InChI=1S/C19H19N5OS2/c1-3-23-16(9-14-7-5-4-6-8-14)21-22-19(23)27-12-15-10-17(25)24-13(2)11-26-18(24)20-15/h4-8,10-11H,3,9,12H2,1-2H3. The number of thiazole rings is 1. The van der Waals surface area contributed by atoms with Gasteiger partial charge in [0.1, 0.15) is 5.82 Å². The highest BCUT2D eigenvalue weighted by molar-refractivity contribution is 7.98. The Kier molecular flexibility index (Phi) is 5.09. The van der Waals surface area contributed by atoms with E-state index < -0.39 is 0 Å². The molecule has 3 heterocycles. The van der Waals surface area contributed by atoms with E-state index in [9.17, 15) is 4.79 Å². The number of fused-ring (bicyclic) bond motifs is 1. The van der Waals surface area contributed by atoms with Crippen LogP contribution in [0.15, 0.2) is 51.7 Å². The van der Waals surface area contributed by atoms with Crippen LogP contribution in [0.25, 0.3) is 4.96 Å². The lowest BCUT2D eigenvalue weighted by Crippen LogP contribution is -2.14. The van der Waals surface area contributed by atoms with Crippen molar-refractivity contribution in [3.05, 3.63) is 74.9 Å². The van der Waals surface area contributed by atoms with Crippen molar-refractivity contribution in [2.45, 2.75) is 37.7 Å². The number of thioether (sulfide) groups is 1. The summed E-state index contributed by atoms with van der Waals surface area (Å²) in [7, 11) is 0. The second-order valence-electron chi connectivity index (χ2n) is 6.17. The zero-order valence-corrected chi connectivity index (χ0v) is 16.8. The van der Waals surface area contributed by atoms with Crippen LogP contribution in [0.1, 0.15) is 29.7 Å². The molecule has 0 aliphatic heterocycles. The molecule has 0 radical (unpaired) electrons. The van der Waals surface area contributed by atoms with Gasteiger partial charge in [-0.05, 0) is 19.4 Å². The molecule has 8 heteroatoms. The summed E-state index contributed by atoms with van der Waals surface area (Å²) in [6.45, 7) is 4.81. The largest absolute Gasteiger partial charge is 0.306 e. The second-order valence-corrected chi connectivity index (χ2v) is 7.95. The van der Waals surface area contributed by atoms with Crippen LogP contribution in [0.3, 0.4) is 0 Å². The Hall–Kier alpha value is -2.45. The van der Waals surface area contributed by atoms with E-state index in [1.807, 2.05) is 30.5 Å². The number of benzene rings is 1. The third-order valence-electron chi connectivity index (χ3n) is 4.29. The Bertz CT molecular complexity index is 1130. The van der Waals surface area contributed by atoms with E-state index in [2.05, 4.69) is 38.8 Å². The molecule has 0 saturated heterocycles. The van der Waals surface area contributed by atoms with Gasteiger partial charge in [0.25, 0.3) is 5.56 Å². The smallest absolute Gasteiger partial charge is 0.258 e. The summed E-state index contributed by atoms with van der Waals surface area (Å²) in [6, 6.07) is 11.9. The predicted molar refractivity (Wildman–Crippen MR) is 109 cm³/mol. The van der Waals surface area contributed by atoms with Crippen molar-refractivity contribution in [3.63, 3.8) is 0 Å². The molecular formula is C19H19N5OS2. The Morgan fingerprint density at radius 3 is 2.78 bits per heavy atom. The number of aromatic nitrogens is 5. The molecule has 3 aromatic heterocycles. The summed E-state index contributed by atoms with van der Waals surface area (Å²) in [5.74, 6) is 1.54. The molecular weight excluding hydrogens is 378 g/mol. The first-order valence-electron chi connectivity index (χ1n) is 8.71.